The summed E-state index contributed by atoms with van der Waals surface area (Å²) in [6.45, 7) is 9.64. The largest absolute Gasteiger partial charge is 0.393 e. The Morgan fingerprint density at radius 1 is 1.25 bits per heavy atom. The number of urea groups is 1. The van der Waals surface area contributed by atoms with Gasteiger partial charge in [0.2, 0.25) is 0 Å². The van der Waals surface area contributed by atoms with Gasteiger partial charge in [0.05, 0.1) is 12.1 Å². The Morgan fingerprint density at radius 2 is 1.88 bits per heavy atom. The molecular formula is C18H28F2N2O2. The highest BCUT2D eigenvalue weighted by molar-refractivity contribution is 5.74. The lowest BCUT2D eigenvalue weighted by atomic mass is 9.82. The maximum atomic E-state index is 14.1. The second-order valence-corrected chi connectivity index (χ2v) is 7.51. The molecule has 3 atom stereocenters. The number of aliphatic hydroxyl groups is 1. The summed E-state index contributed by atoms with van der Waals surface area (Å²) in [5.74, 6) is -1.22. The molecule has 4 nitrogen and oxygen atoms in total. The normalized spacial score (nSPS) is 15.5. The Bertz CT molecular complexity index is 556. The van der Waals surface area contributed by atoms with Crippen LogP contribution in [-0.4, -0.2) is 23.8 Å². The van der Waals surface area contributed by atoms with E-state index < -0.39 is 35.2 Å². The molecule has 0 radical (unpaired) electrons. The lowest BCUT2D eigenvalue weighted by molar-refractivity contribution is 0.162. The van der Waals surface area contributed by atoms with Crippen molar-refractivity contribution in [2.24, 2.45) is 11.3 Å². The number of carbonyl (C=O) groups excluding carboxylic acids is 1. The minimum absolute atomic E-state index is 0.117. The molecule has 24 heavy (non-hydrogen) atoms. The fourth-order valence-electron chi connectivity index (χ4n) is 2.61. The molecule has 1 aromatic carbocycles. The molecule has 0 aliphatic carbocycles. The molecule has 0 saturated heterocycles. The van der Waals surface area contributed by atoms with Gasteiger partial charge in [-0.1, -0.05) is 33.8 Å². The monoisotopic (exact) mass is 342 g/mol. The summed E-state index contributed by atoms with van der Waals surface area (Å²) in [7, 11) is 0. The van der Waals surface area contributed by atoms with E-state index in [0.717, 1.165) is 6.07 Å². The highest BCUT2D eigenvalue weighted by Crippen LogP contribution is 2.34. The van der Waals surface area contributed by atoms with Gasteiger partial charge in [0.25, 0.3) is 0 Å². The summed E-state index contributed by atoms with van der Waals surface area (Å²) in [5.41, 5.74) is -0.211. The molecule has 0 fully saturated rings. The van der Waals surface area contributed by atoms with Gasteiger partial charge in [0, 0.05) is 18.2 Å². The summed E-state index contributed by atoms with van der Waals surface area (Å²) in [6, 6.07) is 2.33. The van der Waals surface area contributed by atoms with E-state index in [4.69, 9.17) is 0 Å². The van der Waals surface area contributed by atoms with Crippen molar-refractivity contribution in [3.05, 3.63) is 35.4 Å². The molecular weight excluding hydrogens is 314 g/mol. The zero-order chi connectivity index (χ0) is 18.5. The zero-order valence-corrected chi connectivity index (χ0v) is 15.0. The Labute approximate surface area is 142 Å². The second kappa shape index (κ2) is 8.42. The molecule has 0 spiro atoms. The van der Waals surface area contributed by atoms with Crippen molar-refractivity contribution in [3.63, 3.8) is 0 Å². The Balaban J connectivity index is 2.79. The number of aliphatic hydroxyl groups excluding tert-OH is 1. The molecule has 3 unspecified atom stereocenters. The van der Waals surface area contributed by atoms with Gasteiger partial charge in [-0.2, -0.15) is 0 Å². The lowest BCUT2D eigenvalue weighted by Crippen LogP contribution is -2.44. The van der Waals surface area contributed by atoms with Crippen LogP contribution in [0.2, 0.25) is 0 Å². The first-order chi connectivity index (χ1) is 11.0. The summed E-state index contributed by atoms with van der Waals surface area (Å²) in [4.78, 5) is 12.2. The van der Waals surface area contributed by atoms with Gasteiger partial charge in [-0.15, -0.1) is 0 Å². The number of hydrogen-bond acceptors (Lipinski definition) is 2. The third-order valence-corrected chi connectivity index (χ3v) is 3.77. The van der Waals surface area contributed by atoms with E-state index in [-0.39, 0.29) is 11.5 Å². The van der Waals surface area contributed by atoms with Gasteiger partial charge in [0.15, 0.2) is 0 Å². The van der Waals surface area contributed by atoms with Crippen molar-refractivity contribution in [3.8, 4) is 0 Å². The first-order valence-corrected chi connectivity index (χ1v) is 8.18. The van der Waals surface area contributed by atoms with E-state index >= 15 is 0 Å². The van der Waals surface area contributed by atoms with Crippen molar-refractivity contribution < 1.29 is 18.7 Å². The summed E-state index contributed by atoms with van der Waals surface area (Å²) in [6.07, 6.45) is 0.149. The van der Waals surface area contributed by atoms with Crippen LogP contribution in [0.4, 0.5) is 13.6 Å². The standard InChI is InChI=1S/C18H28F2N2O2/c1-11(8-12(2)23)10-21-17(24)22-16(18(3,4)5)14-7-6-13(19)9-15(14)20/h6-7,9,11-12,16,23H,8,10H2,1-5H3,(H2,21,22,24). The molecule has 3 N–H and O–H groups in total. The van der Waals surface area contributed by atoms with Crippen molar-refractivity contribution in [2.75, 3.05) is 6.54 Å². The van der Waals surface area contributed by atoms with Gasteiger partial charge < -0.3 is 15.7 Å². The van der Waals surface area contributed by atoms with Crippen LogP contribution in [-0.2, 0) is 0 Å². The number of nitrogens with one attached hydrogen (secondary N) is 2. The molecule has 6 heteroatoms. The highest BCUT2D eigenvalue weighted by Gasteiger charge is 2.30. The first kappa shape index (κ1) is 20.4. The third kappa shape index (κ3) is 6.43. The van der Waals surface area contributed by atoms with Crippen LogP contribution in [0.25, 0.3) is 0 Å². The molecule has 2 amide bonds. The summed E-state index contributed by atoms with van der Waals surface area (Å²) in [5, 5.41) is 14.8. The van der Waals surface area contributed by atoms with Crippen LogP contribution in [0.15, 0.2) is 18.2 Å². The Kier molecular flexibility index (Phi) is 7.14. The van der Waals surface area contributed by atoms with E-state index in [1.165, 1.54) is 12.1 Å². The molecule has 1 rings (SSSR count). The quantitative estimate of drug-likeness (QED) is 0.737. The van der Waals surface area contributed by atoms with Crippen LogP contribution in [0, 0.1) is 23.0 Å². The van der Waals surface area contributed by atoms with Crippen LogP contribution in [0.1, 0.15) is 52.6 Å². The second-order valence-electron chi connectivity index (χ2n) is 7.51. The van der Waals surface area contributed by atoms with Gasteiger partial charge >= 0.3 is 6.03 Å². The number of hydrogen-bond donors (Lipinski definition) is 3. The minimum atomic E-state index is -0.683. The van der Waals surface area contributed by atoms with Crippen LogP contribution >= 0.6 is 0 Å². The van der Waals surface area contributed by atoms with Crippen molar-refractivity contribution in [1.29, 1.82) is 0 Å². The molecule has 1 aromatic rings. The Morgan fingerprint density at radius 3 is 2.38 bits per heavy atom. The topological polar surface area (TPSA) is 61.4 Å². The fourth-order valence-corrected chi connectivity index (χ4v) is 2.61. The highest BCUT2D eigenvalue weighted by atomic mass is 19.1. The number of carbonyl (C=O) groups is 1. The summed E-state index contributed by atoms with van der Waals surface area (Å²) < 4.78 is 27.2. The number of rotatable bonds is 6. The van der Waals surface area contributed by atoms with Gasteiger partial charge in [-0.05, 0) is 30.7 Å². The van der Waals surface area contributed by atoms with E-state index in [9.17, 15) is 18.7 Å². The van der Waals surface area contributed by atoms with Gasteiger partial charge in [-0.25, -0.2) is 13.6 Å². The maximum Gasteiger partial charge on any atom is 0.315 e. The molecule has 0 aliphatic rings. The predicted molar refractivity (Wildman–Crippen MR) is 90.6 cm³/mol. The number of amides is 2. The average molecular weight is 342 g/mol. The molecule has 0 aliphatic heterocycles. The van der Waals surface area contributed by atoms with Crippen molar-refractivity contribution in [1.82, 2.24) is 10.6 Å². The molecule has 0 saturated carbocycles. The predicted octanol–water partition coefficient (Wildman–Crippen LogP) is 3.76. The summed E-state index contributed by atoms with van der Waals surface area (Å²) >= 11 is 0. The van der Waals surface area contributed by atoms with Gasteiger partial charge in [-0.3, -0.25) is 0 Å². The van der Waals surface area contributed by atoms with Crippen molar-refractivity contribution >= 4 is 6.03 Å². The molecule has 0 heterocycles. The molecule has 136 valence electrons. The third-order valence-electron chi connectivity index (χ3n) is 3.77. The number of benzene rings is 1. The minimum Gasteiger partial charge on any atom is -0.393 e. The van der Waals surface area contributed by atoms with Crippen molar-refractivity contribution in [2.45, 2.75) is 53.2 Å². The van der Waals surface area contributed by atoms with E-state index in [1.54, 1.807) is 6.92 Å². The molecule has 0 aromatic heterocycles. The number of halogens is 2. The SMILES string of the molecule is CC(O)CC(C)CNC(=O)NC(c1ccc(F)cc1F)C(C)(C)C. The van der Waals surface area contributed by atoms with E-state index in [1.807, 2.05) is 27.7 Å². The Hall–Kier alpha value is -1.69. The first-order valence-electron chi connectivity index (χ1n) is 8.18. The van der Waals surface area contributed by atoms with E-state index in [0.29, 0.717) is 13.0 Å². The fraction of sp³-hybridized carbons (Fsp3) is 0.611. The van der Waals surface area contributed by atoms with Crippen LogP contribution in [0.3, 0.4) is 0 Å². The van der Waals surface area contributed by atoms with Crippen LogP contribution in [0.5, 0.6) is 0 Å². The van der Waals surface area contributed by atoms with Crippen LogP contribution < -0.4 is 10.6 Å². The van der Waals surface area contributed by atoms with E-state index in [2.05, 4.69) is 10.6 Å². The molecule has 0 bridgehead atoms. The zero-order valence-electron chi connectivity index (χ0n) is 15.0. The lowest BCUT2D eigenvalue weighted by Gasteiger charge is -2.32. The van der Waals surface area contributed by atoms with Gasteiger partial charge in [0.1, 0.15) is 11.6 Å². The average Bonchev–Trinajstić information content (AvgIpc) is 2.41. The maximum absolute atomic E-state index is 14.1. The smallest absolute Gasteiger partial charge is 0.315 e.